The van der Waals surface area contributed by atoms with Crippen molar-refractivity contribution < 1.29 is 5.11 Å². The lowest BCUT2D eigenvalue weighted by atomic mass is 10.1. The normalized spacial score (nSPS) is 12.1. The Kier molecular flexibility index (Phi) is 5.25. The van der Waals surface area contributed by atoms with Crippen molar-refractivity contribution >= 4 is 28.4 Å². The van der Waals surface area contributed by atoms with Crippen LogP contribution in [0.4, 0.5) is 0 Å². The van der Waals surface area contributed by atoms with Crippen LogP contribution in [0.5, 0.6) is 0 Å². The second-order valence-corrected chi connectivity index (χ2v) is 7.81. The van der Waals surface area contributed by atoms with E-state index in [9.17, 15) is 10.4 Å². The number of aliphatic hydroxyl groups is 1. The lowest BCUT2D eigenvalue weighted by Crippen LogP contribution is -2.04. The number of benzene rings is 2. The zero-order valence-corrected chi connectivity index (χ0v) is 17.6. The molecule has 0 spiro atoms. The average molecular weight is 417 g/mol. The van der Waals surface area contributed by atoms with Gasteiger partial charge in [0.15, 0.2) is 5.82 Å². The van der Waals surface area contributed by atoms with E-state index in [1.54, 1.807) is 9.25 Å². The van der Waals surface area contributed by atoms with Crippen molar-refractivity contribution in [2.75, 3.05) is 5.75 Å². The van der Waals surface area contributed by atoms with Crippen LogP contribution < -0.4 is 0 Å². The van der Waals surface area contributed by atoms with Gasteiger partial charge < -0.3 is 9.67 Å². The fourth-order valence-electron chi connectivity index (χ4n) is 3.28. The summed E-state index contributed by atoms with van der Waals surface area (Å²) in [5, 5.41) is 32.8. The predicted molar refractivity (Wildman–Crippen MR) is 115 cm³/mol. The summed E-state index contributed by atoms with van der Waals surface area (Å²) in [5.41, 5.74) is 4.85. The van der Waals surface area contributed by atoms with E-state index in [2.05, 4.69) is 32.6 Å². The van der Waals surface area contributed by atoms with Gasteiger partial charge in [0.2, 0.25) is 5.16 Å². The van der Waals surface area contributed by atoms with E-state index in [1.165, 1.54) is 11.8 Å². The van der Waals surface area contributed by atoms with Crippen molar-refractivity contribution in [3.05, 3.63) is 65.2 Å². The average Bonchev–Trinajstić information content (AvgIpc) is 3.32. The number of tetrazole rings is 1. The minimum atomic E-state index is -0.0731. The molecule has 0 bridgehead atoms. The van der Waals surface area contributed by atoms with Crippen molar-refractivity contribution in [1.29, 1.82) is 5.26 Å². The maximum atomic E-state index is 10.7. The van der Waals surface area contributed by atoms with E-state index < -0.39 is 0 Å². The van der Waals surface area contributed by atoms with Crippen LogP contribution >= 0.6 is 11.8 Å². The summed E-state index contributed by atoms with van der Waals surface area (Å²) in [6, 6.07) is 15.7. The van der Waals surface area contributed by atoms with Gasteiger partial charge in [0.05, 0.1) is 22.5 Å². The Labute approximate surface area is 177 Å². The molecule has 0 aliphatic carbocycles. The largest absolute Gasteiger partial charge is 0.510 e. The molecule has 8 nitrogen and oxygen atoms in total. The Morgan fingerprint density at radius 1 is 1.20 bits per heavy atom. The highest BCUT2D eigenvalue weighted by molar-refractivity contribution is 7.99. The molecule has 2 aromatic heterocycles. The molecular formula is C21H19N7OS. The van der Waals surface area contributed by atoms with Gasteiger partial charge in [0.1, 0.15) is 17.4 Å². The first-order chi connectivity index (χ1) is 14.5. The van der Waals surface area contributed by atoms with Crippen LogP contribution in [0.2, 0.25) is 0 Å². The molecule has 0 fully saturated rings. The van der Waals surface area contributed by atoms with Gasteiger partial charge in [-0.1, -0.05) is 41.6 Å². The number of hydrogen-bond donors (Lipinski definition) is 1. The molecule has 0 saturated carbocycles. The number of nitriles is 1. The highest BCUT2D eigenvalue weighted by Gasteiger charge is 2.18. The monoisotopic (exact) mass is 417 g/mol. The van der Waals surface area contributed by atoms with Crippen LogP contribution in [-0.4, -0.2) is 40.6 Å². The molecule has 4 rings (SSSR count). The Bertz CT molecular complexity index is 1310. The molecule has 0 amide bonds. The molecule has 0 radical (unpaired) electrons. The fraction of sp³-hybridized carbons (Fsp3) is 0.190. The summed E-state index contributed by atoms with van der Waals surface area (Å²) in [6.07, 6.45) is 0. The maximum Gasteiger partial charge on any atom is 0.214 e. The Balaban J connectivity index is 1.63. The smallest absolute Gasteiger partial charge is 0.214 e. The number of aliphatic hydroxyl groups excluding tert-OH is 1. The predicted octanol–water partition coefficient (Wildman–Crippen LogP) is 3.75. The number of rotatable bonds is 5. The van der Waals surface area contributed by atoms with Gasteiger partial charge in [-0.3, -0.25) is 0 Å². The molecular weight excluding hydrogens is 398 g/mol. The highest BCUT2D eigenvalue weighted by atomic mass is 32.2. The van der Waals surface area contributed by atoms with Gasteiger partial charge in [-0.25, -0.2) is 4.98 Å². The maximum absolute atomic E-state index is 10.7. The fourth-order valence-corrected chi connectivity index (χ4v) is 4.04. The van der Waals surface area contributed by atoms with Crippen molar-refractivity contribution in [3.8, 4) is 11.8 Å². The molecule has 0 unspecified atom stereocenters. The van der Waals surface area contributed by atoms with Crippen LogP contribution in [-0.2, 0) is 7.05 Å². The van der Waals surface area contributed by atoms with E-state index in [0.29, 0.717) is 11.0 Å². The zero-order valence-electron chi connectivity index (χ0n) is 16.7. The van der Waals surface area contributed by atoms with Gasteiger partial charge in [0, 0.05) is 7.05 Å². The molecule has 2 heterocycles. The molecule has 0 atom stereocenters. The Morgan fingerprint density at radius 3 is 2.73 bits per heavy atom. The van der Waals surface area contributed by atoms with Crippen LogP contribution in [0.3, 0.4) is 0 Å². The number of hydrogen-bond acceptors (Lipinski definition) is 7. The third-order valence-electron chi connectivity index (χ3n) is 4.77. The summed E-state index contributed by atoms with van der Waals surface area (Å²) in [5.74, 6) is 0.485. The topological polar surface area (TPSA) is 105 Å². The summed E-state index contributed by atoms with van der Waals surface area (Å²) in [4.78, 5) is 4.50. The first-order valence-electron chi connectivity index (χ1n) is 9.22. The van der Waals surface area contributed by atoms with Gasteiger partial charge >= 0.3 is 0 Å². The number of para-hydroxylation sites is 2. The number of aryl methyl sites for hydroxylation is 3. The van der Waals surface area contributed by atoms with Crippen molar-refractivity contribution in [3.63, 3.8) is 0 Å². The zero-order chi connectivity index (χ0) is 21.3. The number of aromatic nitrogens is 6. The van der Waals surface area contributed by atoms with Gasteiger partial charge in [0.25, 0.3) is 0 Å². The van der Waals surface area contributed by atoms with E-state index in [-0.39, 0.29) is 17.1 Å². The molecule has 0 aliphatic heterocycles. The van der Waals surface area contributed by atoms with Gasteiger partial charge in [-0.2, -0.15) is 9.94 Å². The Morgan fingerprint density at radius 2 is 2.00 bits per heavy atom. The number of imidazole rings is 1. The van der Waals surface area contributed by atoms with E-state index in [4.69, 9.17) is 0 Å². The standard InChI is InChI=1S/C21H19N7OS/c1-13-8-9-17(14(2)10-13)28-21(24-25-26-28)30-12-19(29)15(11-22)20-23-16-6-4-5-7-18(16)27(20)3/h4-10,29H,12H2,1-3H3/b19-15-. The van der Waals surface area contributed by atoms with E-state index in [1.807, 2.05) is 57.3 Å². The quantitative estimate of drug-likeness (QED) is 0.299. The molecule has 30 heavy (non-hydrogen) atoms. The lowest BCUT2D eigenvalue weighted by molar-refractivity contribution is 0.420. The van der Waals surface area contributed by atoms with Crippen molar-refractivity contribution in [1.82, 2.24) is 29.8 Å². The summed E-state index contributed by atoms with van der Waals surface area (Å²) in [7, 11) is 1.82. The van der Waals surface area contributed by atoms with Crippen LogP contribution in [0.1, 0.15) is 17.0 Å². The molecule has 9 heteroatoms. The van der Waals surface area contributed by atoms with Crippen molar-refractivity contribution in [2.45, 2.75) is 19.0 Å². The first kappa shape index (κ1) is 19.7. The highest BCUT2D eigenvalue weighted by Crippen LogP contribution is 2.26. The minimum Gasteiger partial charge on any atom is -0.510 e. The third-order valence-corrected chi connectivity index (χ3v) is 5.70. The first-order valence-corrected chi connectivity index (χ1v) is 10.2. The summed E-state index contributed by atoms with van der Waals surface area (Å²) in [6.45, 7) is 4.02. The van der Waals surface area contributed by atoms with Crippen LogP contribution in [0, 0.1) is 25.2 Å². The summed E-state index contributed by atoms with van der Waals surface area (Å²) >= 11 is 1.25. The van der Waals surface area contributed by atoms with Crippen LogP contribution in [0.25, 0.3) is 22.3 Å². The minimum absolute atomic E-state index is 0.0731. The van der Waals surface area contributed by atoms with Gasteiger partial charge in [-0.15, -0.1) is 5.10 Å². The molecule has 0 saturated heterocycles. The number of nitrogens with zero attached hydrogens (tertiary/aromatic N) is 7. The van der Waals surface area contributed by atoms with E-state index >= 15 is 0 Å². The number of fused-ring (bicyclic) bond motifs is 1. The molecule has 1 N–H and O–H groups in total. The molecule has 4 aromatic rings. The van der Waals surface area contributed by atoms with E-state index in [0.717, 1.165) is 27.8 Å². The second-order valence-electron chi connectivity index (χ2n) is 6.87. The second kappa shape index (κ2) is 8.00. The molecule has 0 aliphatic rings. The van der Waals surface area contributed by atoms with Crippen LogP contribution in [0.15, 0.2) is 53.4 Å². The number of thioether (sulfide) groups is 1. The molecule has 2 aromatic carbocycles. The third kappa shape index (κ3) is 3.53. The van der Waals surface area contributed by atoms with Crippen molar-refractivity contribution in [2.24, 2.45) is 7.05 Å². The SMILES string of the molecule is Cc1ccc(-n2nnnc2SC/C(O)=C(\C#N)c2nc3ccccc3n2C)c(C)c1. The Hall–Kier alpha value is -3.64. The number of allylic oxidation sites excluding steroid dienone is 1. The molecule has 150 valence electrons. The van der Waals surface area contributed by atoms with Gasteiger partial charge in [-0.05, 0) is 48.0 Å². The summed E-state index contributed by atoms with van der Waals surface area (Å²) < 4.78 is 3.43. The lowest BCUT2D eigenvalue weighted by Gasteiger charge is -2.09.